The van der Waals surface area contributed by atoms with Crippen LogP contribution in [-0.2, 0) is 11.2 Å². The van der Waals surface area contributed by atoms with Gasteiger partial charge in [0, 0.05) is 0 Å². The van der Waals surface area contributed by atoms with Crippen molar-refractivity contribution in [1.82, 2.24) is 5.43 Å². The highest BCUT2D eigenvalue weighted by Crippen LogP contribution is 2.35. The van der Waals surface area contributed by atoms with Gasteiger partial charge in [0.25, 0.3) is 0 Å². The number of hydrogen-bond donors (Lipinski definition) is 2. The SMILES string of the molecule is CCOc1cc(/C=N\NC(=O)Cc2ccc(O)cc2)cc(Cl)c1OC. The van der Waals surface area contributed by atoms with Crippen LogP contribution in [0.15, 0.2) is 41.5 Å². The van der Waals surface area contributed by atoms with Gasteiger partial charge in [-0.05, 0) is 42.3 Å². The van der Waals surface area contributed by atoms with Crippen LogP contribution in [0.1, 0.15) is 18.1 Å². The maximum atomic E-state index is 11.9. The van der Waals surface area contributed by atoms with Crippen molar-refractivity contribution in [3.05, 3.63) is 52.5 Å². The molecule has 0 spiro atoms. The lowest BCUT2D eigenvalue weighted by Gasteiger charge is -2.11. The van der Waals surface area contributed by atoms with E-state index < -0.39 is 0 Å². The molecule has 132 valence electrons. The van der Waals surface area contributed by atoms with E-state index in [0.29, 0.717) is 28.7 Å². The monoisotopic (exact) mass is 362 g/mol. The molecule has 0 saturated heterocycles. The zero-order chi connectivity index (χ0) is 18.2. The fourth-order valence-electron chi connectivity index (χ4n) is 2.14. The number of ether oxygens (including phenoxy) is 2. The number of rotatable bonds is 7. The predicted molar refractivity (Wildman–Crippen MR) is 96.7 cm³/mol. The summed E-state index contributed by atoms with van der Waals surface area (Å²) < 4.78 is 10.7. The van der Waals surface area contributed by atoms with Crippen molar-refractivity contribution in [2.75, 3.05) is 13.7 Å². The second-order valence-electron chi connectivity index (χ2n) is 5.10. The summed E-state index contributed by atoms with van der Waals surface area (Å²) in [5, 5.41) is 13.5. The first kappa shape index (κ1) is 18.6. The summed E-state index contributed by atoms with van der Waals surface area (Å²) in [6.07, 6.45) is 1.63. The summed E-state index contributed by atoms with van der Waals surface area (Å²) in [4.78, 5) is 11.9. The molecule has 0 saturated carbocycles. The zero-order valence-electron chi connectivity index (χ0n) is 14.0. The first-order chi connectivity index (χ1) is 12.0. The minimum atomic E-state index is -0.272. The standard InChI is InChI=1S/C18H19ClN2O4/c1-3-25-16-9-13(8-15(19)18(16)24-2)11-20-21-17(23)10-12-4-6-14(22)7-5-12/h4-9,11,22H,3,10H2,1-2H3,(H,21,23)/b20-11-. The highest BCUT2D eigenvalue weighted by molar-refractivity contribution is 6.32. The number of nitrogens with zero attached hydrogens (tertiary/aromatic N) is 1. The molecule has 2 rings (SSSR count). The van der Waals surface area contributed by atoms with Crippen LogP contribution in [-0.4, -0.2) is 30.9 Å². The number of nitrogens with one attached hydrogen (secondary N) is 1. The quantitative estimate of drug-likeness (QED) is 0.585. The van der Waals surface area contributed by atoms with Crippen molar-refractivity contribution in [2.24, 2.45) is 5.10 Å². The molecule has 1 amide bonds. The number of hydrazone groups is 1. The Bertz CT molecular complexity index is 760. The lowest BCUT2D eigenvalue weighted by atomic mass is 10.1. The van der Waals surface area contributed by atoms with Gasteiger partial charge in [0.1, 0.15) is 5.75 Å². The van der Waals surface area contributed by atoms with Crippen molar-refractivity contribution in [1.29, 1.82) is 0 Å². The number of aromatic hydroxyl groups is 1. The molecule has 2 aromatic rings. The molecule has 0 fully saturated rings. The molecule has 0 aliphatic rings. The van der Waals surface area contributed by atoms with E-state index in [-0.39, 0.29) is 18.1 Å². The predicted octanol–water partition coefficient (Wildman–Crippen LogP) is 3.15. The second kappa shape index (κ2) is 8.94. The van der Waals surface area contributed by atoms with E-state index in [2.05, 4.69) is 10.5 Å². The van der Waals surface area contributed by atoms with Crippen LogP contribution < -0.4 is 14.9 Å². The van der Waals surface area contributed by atoms with Gasteiger partial charge in [-0.2, -0.15) is 5.10 Å². The fraction of sp³-hybridized carbons (Fsp3) is 0.222. The summed E-state index contributed by atoms with van der Waals surface area (Å²) in [6.45, 7) is 2.33. The molecule has 6 nitrogen and oxygen atoms in total. The lowest BCUT2D eigenvalue weighted by molar-refractivity contribution is -0.120. The average molecular weight is 363 g/mol. The van der Waals surface area contributed by atoms with Gasteiger partial charge in [-0.25, -0.2) is 5.43 Å². The maximum absolute atomic E-state index is 11.9. The van der Waals surface area contributed by atoms with Crippen molar-refractivity contribution in [3.8, 4) is 17.2 Å². The second-order valence-corrected chi connectivity index (χ2v) is 5.51. The van der Waals surface area contributed by atoms with E-state index in [1.54, 1.807) is 24.3 Å². The lowest BCUT2D eigenvalue weighted by Crippen LogP contribution is -2.19. The molecule has 2 N–H and O–H groups in total. The highest BCUT2D eigenvalue weighted by atomic mass is 35.5. The topological polar surface area (TPSA) is 80.2 Å². The Labute approximate surface area is 151 Å². The molecule has 0 unspecified atom stereocenters. The molecule has 0 aliphatic heterocycles. The summed E-state index contributed by atoms with van der Waals surface area (Å²) in [6, 6.07) is 9.80. The number of halogens is 1. The Morgan fingerprint density at radius 1 is 1.32 bits per heavy atom. The Balaban J connectivity index is 2.01. The highest BCUT2D eigenvalue weighted by Gasteiger charge is 2.10. The Hall–Kier alpha value is -2.73. The molecule has 0 radical (unpaired) electrons. The van der Waals surface area contributed by atoms with Gasteiger partial charge in [-0.15, -0.1) is 0 Å². The molecule has 2 aromatic carbocycles. The third-order valence-electron chi connectivity index (χ3n) is 3.24. The Kier molecular flexibility index (Phi) is 6.65. The summed E-state index contributed by atoms with van der Waals surface area (Å²) in [5.41, 5.74) is 3.89. The van der Waals surface area contributed by atoms with Crippen LogP contribution in [0.4, 0.5) is 0 Å². The first-order valence-electron chi connectivity index (χ1n) is 7.63. The average Bonchev–Trinajstić information content (AvgIpc) is 2.57. The zero-order valence-corrected chi connectivity index (χ0v) is 14.7. The summed E-state index contributed by atoms with van der Waals surface area (Å²) >= 11 is 6.16. The maximum Gasteiger partial charge on any atom is 0.244 e. The van der Waals surface area contributed by atoms with Gasteiger partial charge in [0.05, 0.1) is 31.4 Å². The molecule has 0 heterocycles. The van der Waals surface area contributed by atoms with Crippen LogP contribution in [0.25, 0.3) is 0 Å². The van der Waals surface area contributed by atoms with Crippen molar-refractivity contribution < 1.29 is 19.4 Å². The van der Waals surface area contributed by atoms with Gasteiger partial charge in [0.2, 0.25) is 5.91 Å². The van der Waals surface area contributed by atoms with Gasteiger partial charge in [0.15, 0.2) is 11.5 Å². The van der Waals surface area contributed by atoms with Crippen molar-refractivity contribution in [3.63, 3.8) is 0 Å². The first-order valence-corrected chi connectivity index (χ1v) is 8.01. The Morgan fingerprint density at radius 2 is 2.04 bits per heavy atom. The number of phenols is 1. The molecular weight excluding hydrogens is 344 g/mol. The van der Waals surface area contributed by atoms with E-state index in [0.717, 1.165) is 5.56 Å². The minimum absolute atomic E-state index is 0.156. The van der Waals surface area contributed by atoms with Gasteiger partial charge < -0.3 is 14.6 Å². The Morgan fingerprint density at radius 3 is 2.68 bits per heavy atom. The summed E-state index contributed by atoms with van der Waals surface area (Å²) in [5.74, 6) is 0.849. The molecule has 7 heteroatoms. The molecular formula is C18H19ClN2O4. The smallest absolute Gasteiger partial charge is 0.244 e. The van der Waals surface area contributed by atoms with E-state index in [1.165, 1.54) is 25.5 Å². The largest absolute Gasteiger partial charge is 0.508 e. The number of carbonyl (C=O) groups excluding carboxylic acids is 1. The van der Waals surface area contributed by atoms with E-state index in [9.17, 15) is 9.90 Å². The van der Waals surface area contributed by atoms with E-state index >= 15 is 0 Å². The molecule has 0 bridgehead atoms. The van der Waals surface area contributed by atoms with Crippen molar-refractivity contribution >= 4 is 23.7 Å². The van der Waals surface area contributed by atoms with Gasteiger partial charge in [-0.1, -0.05) is 23.7 Å². The van der Waals surface area contributed by atoms with Gasteiger partial charge in [-0.3, -0.25) is 4.79 Å². The van der Waals surface area contributed by atoms with Crippen molar-refractivity contribution in [2.45, 2.75) is 13.3 Å². The third-order valence-corrected chi connectivity index (χ3v) is 3.52. The fourth-order valence-corrected chi connectivity index (χ4v) is 2.44. The van der Waals surface area contributed by atoms with Crippen LogP contribution >= 0.6 is 11.6 Å². The van der Waals surface area contributed by atoms with Crippen LogP contribution in [0.2, 0.25) is 5.02 Å². The summed E-state index contributed by atoms with van der Waals surface area (Å²) in [7, 11) is 1.51. The molecule has 0 aromatic heterocycles. The number of phenolic OH excluding ortho intramolecular Hbond substituents is 1. The van der Waals surface area contributed by atoms with Crippen LogP contribution in [0, 0.1) is 0 Å². The van der Waals surface area contributed by atoms with E-state index in [1.807, 2.05) is 6.92 Å². The molecule has 0 atom stereocenters. The van der Waals surface area contributed by atoms with Crippen LogP contribution in [0.3, 0.4) is 0 Å². The third kappa shape index (κ3) is 5.39. The number of amides is 1. The van der Waals surface area contributed by atoms with Gasteiger partial charge >= 0.3 is 0 Å². The normalized spacial score (nSPS) is 10.7. The number of hydrogen-bond acceptors (Lipinski definition) is 5. The van der Waals surface area contributed by atoms with E-state index in [4.69, 9.17) is 21.1 Å². The number of benzene rings is 2. The minimum Gasteiger partial charge on any atom is -0.508 e. The number of carbonyl (C=O) groups is 1. The molecule has 0 aliphatic carbocycles. The van der Waals surface area contributed by atoms with Crippen LogP contribution in [0.5, 0.6) is 17.2 Å². The number of methoxy groups -OCH3 is 1. The molecule has 25 heavy (non-hydrogen) atoms.